The van der Waals surface area contributed by atoms with E-state index < -0.39 is 11.6 Å². The summed E-state index contributed by atoms with van der Waals surface area (Å²) in [4.78, 5) is 3.99. The largest absolute Gasteiger partial charge is 0.376 e. The number of aryl methyl sites for hydroxylation is 2. The zero-order chi connectivity index (χ0) is 13.1. The Morgan fingerprint density at radius 1 is 1.11 bits per heavy atom. The van der Waals surface area contributed by atoms with Crippen LogP contribution in [0, 0.1) is 25.5 Å². The molecule has 1 heterocycles. The third-order valence-corrected chi connectivity index (χ3v) is 2.89. The molecular formula is C14H14F2N2. The molecule has 2 nitrogen and oxygen atoms in total. The Morgan fingerprint density at radius 3 is 2.61 bits per heavy atom. The molecule has 2 rings (SSSR count). The molecule has 0 fully saturated rings. The van der Waals surface area contributed by atoms with Gasteiger partial charge >= 0.3 is 0 Å². The van der Waals surface area contributed by atoms with Gasteiger partial charge in [-0.1, -0.05) is 6.07 Å². The molecule has 0 saturated carbocycles. The molecule has 1 aromatic heterocycles. The van der Waals surface area contributed by atoms with Crippen LogP contribution in [0.4, 0.5) is 14.5 Å². The molecular weight excluding hydrogens is 234 g/mol. The molecule has 0 bridgehead atoms. The number of nitrogens with one attached hydrogen (secondary N) is 1. The number of aromatic nitrogens is 1. The molecule has 2 aromatic rings. The molecule has 94 valence electrons. The van der Waals surface area contributed by atoms with E-state index in [4.69, 9.17) is 0 Å². The summed E-state index contributed by atoms with van der Waals surface area (Å²) in [6.07, 6.45) is 3.38. The Morgan fingerprint density at radius 2 is 1.89 bits per heavy atom. The number of anilines is 1. The van der Waals surface area contributed by atoms with Gasteiger partial charge in [-0.15, -0.1) is 0 Å². The highest BCUT2D eigenvalue weighted by Gasteiger charge is 2.11. The third kappa shape index (κ3) is 2.47. The maximum atomic E-state index is 13.7. The number of halogens is 2. The standard InChI is InChI=1S/C14H14F2N2/c1-9-5-6-17-7-11(9)8-18-14-12(15)4-3-10(2)13(14)16/h3-7,18H,8H2,1-2H3. The zero-order valence-electron chi connectivity index (χ0n) is 10.3. The smallest absolute Gasteiger partial charge is 0.152 e. The van der Waals surface area contributed by atoms with Crippen LogP contribution in [-0.2, 0) is 6.54 Å². The quantitative estimate of drug-likeness (QED) is 0.897. The molecule has 0 aliphatic rings. The minimum Gasteiger partial charge on any atom is -0.376 e. The second kappa shape index (κ2) is 5.12. The van der Waals surface area contributed by atoms with Crippen molar-refractivity contribution in [2.24, 2.45) is 0 Å². The van der Waals surface area contributed by atoms with Crippen LogP contribution in [0.25, 0.3) is 0 Å². The molecule has 1 aromatic carbocycles. The lowest BCUT2D eigenvalue weighted by atomic mass is 10.1. The van der Waals surface area contributed by atoms with Gasteiger partial charge in [0.25, 0.3) is 0 Å². The van der Waals surface area contributed by atoms with Crippen LogP contribution in [0.1, 0.15) is 16.7 Å². The van der Waals surface area contributed by atoms with Crippen molar-refractivity contribution >= 4 is 5.69 Å². The Labute approximate surface area is 105 Å². The molecule has 0 atom stereocenters. The van der Waals surface area contributed by atoms with E-state index in [1.165, 1.54) is 12.1 Å². The zero-order valence-corrected chi connectivity index (χ0v) is 10.3. The molecule has 0 spiro atoms. The van der Waals surface area contributed by atoms with E-state index in [2.05, 4.69) is 10.3 Å². The van der Waals surface area contributed by atoms with Crippen molar-refractivity contribution < 1.29 is 8.78 Å². The van der Waals surface area contributed by atoms with Crippen LogP contribution in [0.15, 0.2) is 30.6 Å². The van der Waals surface area contributed by atoms with E-state index in [9.17, 15) is 8.78 Å². The molecule has 0 aliphatic heterocycles. The number of benzene rings is 1. The Kier molecular flexibility index (Phi) is 3.55. The lowest BCUT2D eigenvalue weighted by Crippen LogP contribution is -2.06. The van der Waals surface area contributed by atoms with Gasteiger partial charge in [0, 0.05) is 18.9 Å². The fourth-order valence-corrected chi connectivity index (χ4v) is 1.68. The molecule has 0 radical (unpaired) electrons. The van der Waals surface area contributed by atoms with Gasteiger partial charge in [0.05, 0.1) is 0 Å². The first kappa shape index (κ1) is 12.5. The summed E-state index contributed by atoms with van der Waals surface area (Å²) in [6, 6.07) is 4.54. The van der Waals surface area contributed by atoms with E-state index >= 15 is 0 Å². The lowest BCUT2D eigenvalue weighted by Gasteiger charge is -2.11. The van der Waals surface area contributed by atoms with Crippen molar-refractivity contribution in [3.05, 3.63) is 58.9 Å². The molecule has 0 amide bonds. The molecule has 0 unspecified atom stereocenters. The summed E-state index contributed by atoms with van der Waals surface area (Å²) >= 11 is 0. The number of nitrogens with zero attached hydrogens (tertiary/aromatic N) is 1. The predicted octanol–water partition coefficient (Wildman–Crippen LogP) is 3.59. The highest BCUT2D eigenvalue weighted by Crippen LogP contribution is 2.22. The van der Waals surface area contributed by atoms with Crippen LogP contribution < -0.4 is 5.32 Å². The fraction of sp³-hybridized carbons (Fsp3) is 0.214. The SMILES string of the molecule is Cc1ccncc1CNc1c(F)ccc(C)c1F. The first-order valence-electron chi connectivity index (χ1n) is 5.67. The van der Waals surface area contributed by atoms with Crippen molar-refractivity contribution in [2.45, 2.75) is 20.4 Å². The van der Waals surface area contributed by atoms with Gasteiger partial charge in [0.1, 0.15) is 11.5 Å². The summed E-state index contributed by atoms with van der Waals surface area (Å²) in [5.74, 6) is -1.13. The van der Waals surface area contributed by atoms with Crippen LogP contribution >= 0.6 is 0 Å². The Balaban J connectivity index is 2.21. The van der Waals surface area contributed by atoms with Crippen molar-refractivity contribution in [1.82, 2.24) is 4.98 Å². The Bertz CT molecular complexity index is 568. The summed E-state index contributed by atoms with van der Waals surface area (Å²) in [7, 11) is 0. The average molecular weight is 248 g/mol. The molecule has 0 aliphatic carbocycles. The van der Waals surface area contributed by atoms with Crippen molar-refractivity contribution in [1.29, 1.82) is 0 Å². The highest BCUT2D eigenvalue weighted by atomic mass is 19.1. The monoisotopic (exact) mass is 248 g/mol. The molecule has 0 saturated heterocycles. The van der Waals surface area contributed by atoms with Gasteiger partial charge in [-0.05, 0) is 42.7 Å². The fourth-order valence-electron chi connectivity index (χ4n) is 1.68. The van der Waals surface area contributed by atoms with Crippen LogP contribution in [-0.4, -0.2) is 4.98 Å². The first-order chi connectivity index (χ1) is 8.59. The van der Waals surface area contributed by atoms with Crippen molar-refractivity contribution in [2.75, 3.05) is 5.32 Å². The van der Waals surface area contributed by atoms with Gasteiger partial charge in [-0.3, -0.25) is 4.98 Å². The van der Waals surface area contributed by atoms with E-state index in [1.807, 2.05) is 13.0 Å². The van der Waals surface area contributed by atoms with Crippen LogP contribution in [0.2, 0.25) is 0 Å². The molecule has 4 heteroatoms. The average Bonchev–Trinajstić information content (AvgIpc) is 2.36. The first-order valence-corrected chi connectivity index (χ1v) is 5.67. The number of hydrogen-bond donors (Lipinski definition) is 1. The topological polar surface area (TPSA) is 24.9 Å². The van der Waals surface area contributed by atoms with E-state index in [0.29, 0.717) is 12.1 Å². The molecule has 18 heavy (non-hydrogen) atoms. The van der Waals surface area contributed by atoms with Crippen LogP contribution in [0.3, 0.4) is 0 Å². The summed E-state index contributed by atoms with van der Waals surface area (Å²) in [5.41, 5.74) is 2.28. The van der Waals surface area contributed by atoms with Gasteiger partial charge in [0.15, 0.2) is 5.82 Å². The van der Waals surface area contributed by atoms with Crippen molar-refractivity contribution in [3.63, 3.8) is 0 Å². The normalized spacial score (nSPS) is 10.4. The summed E-state index contributed by atoms with van der Waals surface area (Å²) < 4.78 is 27.3. The minimum atomic E-state index is -0.584. The maximum Gasteiger partial charge on any atom is 0.152 e. The summed E-state index contributed by atoms with van der Waals surface area (Å²) in [5, 5.41) is 2.79. The van der Waals surface area contributed by atoms with Gasteiger partial charge in [-0.25, -0.2) is 8.78 Å². The molecule has 1 N–H and O–H groups in total. The highest BCUT2D eigenvalue weighted by molar-refractivity contribution is 5.49. The number of rotatable bonds is 3. The second-order valence-corrected chi connectivity index (χ2v) is 4.21. The summed E-state index contributed by atoms with van der Waals surface area (Å²) in [6.45, 7) is 3.88. The third-order valence-electron chi connectivity index (χ3n) is 2.89. The van der Waals surface area contributed by atoms with Crippen LogP contribution in [0.5, 0.6) is 0 Å². The second-order valence-electron chi connectivity index (χ2n) is 4.21. The van der Waals surface area contributed by atoms with Gasteiger partial charge in [0.2, 0.25) is 0 Å². The number of hydrogen-bond acceptors (Lipinski definition) is 2. The lowest BCUT2D eigenvalue weighted by molar-refractivity contribution is 0.582. The van der Waals surface area contributed by atoms with Gasteiger partial charge in [-0.2, -0.15) is 0 Å². The van der Waals surface area contributed by atoms with E-state index in [1.54, 1.807) is 19.3 Å². The van der Waals surface area contributed by atoms with E-state index in [0.717, 1.165) is 11.1 Å². The predicted molar refractivity (Wildman–Crippen MR) is 67.4 cm³/mol. The van der Waals surface area contributed by atoms with E-state index in [-0.39, 0.29) is 5.69 Å². The number of pyridine rings is 1. The minimum absolute atomic E-state index is 0.0850. The maximum absolute atomic E-state index is 13.7. The van der Waals surface area contributed by atoms with Gasteiger partial charge < -0.3 is 5.32 Å². The van der Waals surface area contributed by atoms with Crippen molar-refractivity contribution in [3.8, 4) is 0 Å². The Hall–Kier alpha value is -1.97.